The zero-order chi connectivity index (χ0) is 37.5. The molecule has 3 aromatic heterocycles. The van der Waals surface area contributed by atoms with E-state index in [1.807, 2.05) is 35.1 Å². The second-order valence-corrected chi connectivity index (χ2v) is 17.0. The highest BCUT2D eigenvalue weighted by Gasteiger charge is 2.16. The first-order valence-electron chi connectivity index (χ1n) is 19.2. The molecule has 3 heterocycles. The highest BCUT2D eigenvalue weighted by atomic mass is 32.1. The summed E-state index contributed by atoms with van der Waals surface area (Å²) in [7, 11) is 0. The molecular formula is C53H32N2S2. The number of hydrogen-bond donors (Lipinski definition) is 0. The average Bonchev–Trinajstić information content (AvgIpc) is 3.82. The molecule has 0 aliphatic carbocycles. The molecule has 0 radical (unpaired) electrons. The molecule has 0 saturated carbocycles. The van der Waals surface area contributed by atoms with Gasteiger partial charge in [-0.2, -0.15) is 0 Å². The van der Waals surface area contributed by atoms with Crippen molar-refractivity contribution in [3.05, 3.63) is 194 Å². The lowest BCUT2D eigenvalue weighted by Crippen LogP contribution is -2.09. The molecule has 4 heteroatoms. The Morgan fingerprint density at radius 3 is 1.39 bits per heavy atom. The van der Waals surface area contributed by atoms with Gasteiger partial charge in [-0.1, -0.05) is 97.1 Å². The van der Waals surface area contributed by atoms with Crippen LogP contribution in [-0.2, 0) is 0 Å². The van der Waals surface area contributed by atoms with Gasteiger partial charge < -0.3 is 4.90 Å². The van der Waals surface area contributed by atoms with Gasteiger partial charge in [0.2, 0.25) is 0 Å². The summed E-state index contributed by atoms with van der Waals surface area (Å²) in [5, 5.41) is 12.6. The van der Waals surface area contributed by atoms with Crippen LogP contribution in [0, 0.1) is 0 Å². The Bertz CT molecular complexity index is 3370. The van der Waals surface area contributed by atoms with E-state index in [9.17, 15) is 0 Å². The molecule has 2 nitrogen and oxygen atoms in total. The third-order valence-corrected chi connectivity index (χ3v) is 13.7. The summed E-state index contributed by atoms with van der Waals surface area (Å²) >= 11 is 3.74. The van der Waals surface area contributed by atoms with E-state index in [1.165, 1.54) is 89.5 Å². The summed E-state index contributed by atoms with van der Waals surface area (Å²) in [5.41, 5.74) is 8.16. The van der Waals surface area contributed by atoms with Crippen molar-refractivity contribution < 1.29 is 0 Å². The molecule has 0 spiro atoms. The van der Waals surface area contributed by atoms with E-state index in [4.69, 9.17) is 0 Å². The first kappa shape index (κ1) is 32.4. The van der Waals surface area contributed by atoms with Crippen LogP contribution >= 0.6 is 22.7 Å². The van der Waals surface area contributed by atoms with Crippen LogP contribution in [0.5, 0.6) is 0 Å². The molecule has 12 aromatic rings. The summed E-state index contributed by atoms with van der Waals surface area (Å²) in [6.07, 6.45) is 3.77. The molecule has 0 aliphatic heterocycles. The van der Waals surface area contributed by atoms with Crippen LogP contribution in [0.15, 0.2) is 194 Å². The molecule has 0 unspecified atom stereocenters. The summed E-state index contributed by atoms with van der Waals surface area (Å²) in [4.78, 5) is 6.68. The van der Waals surface area contributed by atoms with Gasteiger partial charge >= 0.3 is 0 Å². The van der Waals surface area contributed by atoms with Gasteiger partial charge in [-0.25, -0.2) is 0 Å². The minimum atomic E-state index is 1.11. The van der Waals surface area contributed by atoms with E-state index < -0.39 is 0 Å². The third-order valence-electron chi connectivity index (χ3n) is 11.5. The van der Waals surface area contributed by atoms with Crippen LogP contribution in [0.1, 0.15) is 0 Å². The molecule has 0 N–H and O–H groups in total. The smallest absolute Gasteiger partial charge is 0.0468 e. The molecule has 12 rings (SSSR count). The predicted octanol–water partition coefficient (Wildman–Crippen LogP) is 16.1. The maximum absolute atomic E-state index is 4.27. The van der Waals surface area contributed by atoms with E-state index in [0.29, 0.717) is 0 Å². The fourth-order valence-corrected chi connectivity index (χ4v) is 10.8. The molecule has 0 atom stereocenters. The number of hydrogen-bond acceptors (Lipinski definition) is 4. The number of benzene rings is 9. The van der Waals surface area contributed by atoms with Crippen molar-refractivity contribution in [1.29, 1.82) is 0 Å². The lowest BCUT2D eigenvalue weighted by Gasteiger charge is -2.26. The molecule has 0 bridgehead atoms. The summed E-state index contributed by atoms with van der Waals surface area (Å²) in [5.74, 6) is 0. The lowest BCUT2D eigenvalue weighted by atomic mass is 9.98. The Morgan fingerprint density at radius 2 is 0.789 bits per heavy atom. The minimum absolute atomic E-state index is 1.11. The first-order valence-corrected chi connectivity index (χ1v) is 20.9. The molecule has 0 aliphatic rings. The fourth-order valence-electron chi connectivity index (χ4n) is 8.56. The maximum Gasteiger partial charge on any atom is 0.0468 e. The van der Waals surface area contributed by atoms with Crippen LogP contribution in [0.4, 0.5) is 17.1 Å². The number of pyridine rings is 1. The van der Waals surface area contributed by atoms with Gasteiger partial charge in [0.1, 0.15) is 0 Å². The van der Waals surface area contributed by atoms with Crippen molar-refractivity contribution in [2.45, 2.75) is 0 Å². The topological polar surface area (TPSA) is 16.1 Å². The van der Waals surface area contributed by atoms with Crippen molar-refractivity contribution >= 4 is 112 Å². The number of anilines is 3. The first-order chi connectivity index (χ1) is 28.2. The van der Waals surface area contributed by atoms with Gasteiger partial charge in [0.25, 0.3) is 0 Å². The lowest BCUT2D eigenvalue weighted by molar-refractivity contribution is 1.29. The van der Waals surface area contributed by atoms with Crippen molar-refractivity contribution in [1.82, 2.24) is 4.98 Å². The molecule has 0 saturated heterocycles. The van der Waals surface area contributed by atoms with Crippen LogP contribution < -0.4 is 4.90 Å². The molecule has 0 fully saturated rings. The van der Waals surface area contributed by atoms with Gasteiger partial charge in [0, 0.05) is 75.2 Å². The molecule has 0 amide bonds. The van der Waals surface area contributed by atoms with E-state index >= 15 is 0 Å². The van der Waals surface area contributed by atoms with E-state index in [-0.39, 0.29) is 0 Å². The number of thiophene rings is 2. The highest BCUT2D eigenvalue weighted by Crippen LogP contribution is 2.43. The zero-order valence-electron chi connectivity index (χ0n) is 30.7. The van der Waals surface area contributed by atoms with Gasteiger partial charge in [0.15, 0.2) is 0 Å². The Balaban J connectivity index is 0.965. The Hall–Kier alpha value is -6.85. The standard InChI is InChI=1S/C53H32N2S2/c1-3-7-50-46(5-1)48-28-41-26-44(21-17-37(41)30-52(48)56-50)55(45-22-18-38-31-53-49(29-42(38)27-45)47-6-2-4-8-51(47)57-53)43-19-15-34(16-20-43)33-9-11-35(12-10-33)36-13-14-40-32-54-24-23-39(40)25-36/h1-32H. The van der Waals surface area contributed by atoms with Crippen molar-refractivity contribution in [2.24, 2.45) is 0 Å². The van der Waals surface area contributed by atoms with Crippen molar-refractivity contribution in [3.8, 4) is 22.3 Å². The normalized spacial score (nSPS) is 11.9. The number of fused-ring (bicyclic) bond motifs is 9. The highest BCUT2D eigenvalue weighted by molar-refractivity contribution is 7.26. The molecule has 57 heavy (non-hydrogen) atoms. The second kappa shape index (κ2) is 12.9. The number of nitrogens with zero attached hydrogens (tertiary/aromatic N) is 2. The Morgan fingerprint density at radius 1 is 0.316 bits per heavy atom. The van der Waals surface area contributed by atoms with Crippen LogP contribution in [0.25, 0.3) is 94.9 Å². The molecule has 266 valence electrons. The third kappa shape index (κ3) is 5.48. The summed E-state index contributed by atoms with van der Waals surface area (Å²) in [6.45, 7) is 0. The number of aromatic nitrogens is 1. The zero-order valence-corrected chi connectivity index (χ0v) is 32.3. The van der Waals surface area contributed by atoms with E-state index in [1.54, 1.807) is 0 Å². The molecular weight excluding hydrogens is 729 g/mol. The van der Waals surface area contributed by atoms with Gasteiger partial charge in [-0.3, -0.25) is 4.98 Å². The Labute approximate surface area is 337 Å². The van der Waals surface area contributed by atoms with Crippen molar-refractivity contribution in [2.75, 3.05) is 4.90 Å². The van der Waals surface area contributed by atoms with E-state index in [0.717, 1.165) is 22.4 Å². The largest absolute Gasteiger partial charge is 0.310 e. The van der Waals surface area contributed by atoms with E-state index in [2.05, 4.69) is 192 Å². The van der Waals surface area contributed by atoms with Gasteiger partial charge in [0.05, 0.1) is 0 Å². The fraction of sp³-hybridized carbons (Fsp3) is 0. The summed E-state index contributed by atoms with van der Waals surface area (Å²) in [6, 6.07) is 67.4. The number of rotatable bonds is 5. The average molecular weight is 761 g/mol. The molecule has 9 aromatic carbocycles. The minimum Gasteiger partial charge on any atom is -0.310 e. The van der Waals surface area contributed by atoms with Crippen LogP contribution in [0.2, 0.25) is 0 Å². The predicted molar refractivity (Wildman–Crippen MR) is 248 cm³/mol. The van der Waals surface area contributed by atoms with Gasteiger partial charge in [-0.05, 0) is 134 Å². The Kier molecular flexibility index (Phi) is 7.31. The monoisotopic (exact) mass is 760 g/mol. The summed E-state index contributed by atoms with van der Waals surface area (Å²) < 4.78 is 5.31. The SMILES string of the molecule is c1ccc2c(c1)sc1cc3ccc(N(c4ccc(-c5ccc(-c6ccc7cnccc7c6)cc5)cc4)c4ccc5cc6sc7ccccc7c6cc5c4)cc3cc12. The quantitative estimate of drug-likeness (QED) is 0.174. The van der Waals surface area contributed by atoms with Crippen molar-refractivity contribution in [3.63, 3.8) is 0 Å². The van der Waals surface area contributed by atoms with Crippen LogP contribution in [-0.4, -0.2) is 4.98 Å². The van der Waals surface area contributed by atoms with Crippen LogP contribution in [0.3, 0.4) is 0 Å². The second-order valence-electron chi connectivity index (χ2n) is 14.9. The maximum atomic E-state index is 4.27. The van der Waals surface area contributed by atoms with Gasteiger partial charge in [-0.15, -0.1) is 22.7 Å².